The van der Waals surface area contributed by atoms with Crippen molar-refractivity contribution in [1.29, 1.82) is 0 Å². The summed E-state index contributed by atoms with van der Waals surface area (Å²) >= 11 is 0. The van der Waals surface area contributed by atoms with E-state index in [2.05, 4.69) is 6.92 Å². The van der Waals surface area contributed by atoms with Crippen LogP contribution >= 0.6 is 0 Å². The number of allylic oxidation sites excluding steroid dienone is 2. The zero-order chi connectivity index (χ0) is 23.9. The molecule has 4 atom stereocenters. The number of rotatable bonds is 9. The minimum absolute atomic E-state index is 0.257. The number of unbranched alkanes of at least 4 members (excludes halogenated alkanes) is 2. The zero-order valence-corrected chi connectivity index (χ0v) is 21.8. The van der Waals surface area contributed by atoms with Gasteiger partial charge in [-0.3, -0.25) is 0 Å². The topological polar surface area (TPSA) is 0 Å². The van der Waals surface area contributed by atoms with E-state index in [1.165, 1.54) is 77.0 Å². The molecule has 0 saturated heterocycles. The van der Waals surface area contributed by atoms with Crippen LogP contribution in [-0.2, 0) is 6.42 Å². The van der Waals surface area contributed by atoms with Crippen molar-refractivity contribution in [2.45, 2.75) is 122 Å². The van der Waals surface area contributed by atoms with Gasteiger partial charge in [0.15, 0.2) is 0 Å². The first-order valence-corrected chi connectivity index (χ1v) is 14.7. The summed E-state index contributed by atoms with van der Waals surface area (Å²) < 4.78 is 29.3. The molecule has 190 valence electrons. The Balaban J connectivity index is 1.25. The Morgan fingerprint density at radius 1 is 0.794 bits per heavy atom. The standard InChI is InChI=1S/C32H48F2/c1-3-5-7-9-23-11-12-28-20-27(18-17-26(28)19-23)24-13-15-25(16-14-24)29-21-31(33)30(32(34)22-29)10-8-6-4-2/h4,6,21-28H,3,5,7-20H2,1-2H3/b6-4+. The molecule has 3 aliphatic rings. The van der Waals surface area contributed by atoms with Crippen LogP contribution in [0.2, 0.25) is 0 Å². The van der Waals surface area contributed by atoms with Gasteiger partial charge >= 0.3 is 0 Å². The molecule has 4 unspecified atom stereocenters. The van der Waals surface area contributed by atoms with E-state index < -0.39 is 0 Å². The van der Waals surface area contributed by atoms with Crippen LogP contribution in [0.15, 0.2) is 24.3 Å². The first kappa shape index (κ1) is 25.9. The Bertz CT molecular complexity index is 765. The molecule has 4 rings (SSSR count). The van der Waals surface area contributed by atoms with Gasteiger partial charge in [-0.25, -0.2) is 8.78 Å². The van der Waals surface area contributed by atoms with E-state index in [9.17, 15) is 8.78 Å². The van der Waals surface area contributed by atoms with E-state index in [-0.39, 0.29) is 17.2 Å². The highest BCUT2D eigenvalue weighted by molar-refractivity contribution is 5.29. The van der Waals surface area contributed by atoms with Gasteiger partial charge in [0, 0.05) is 5.56 Å². The predicted octanol–water partition coefficient (Wildman–Crippen LogP) is 10.2. The lowest BCUT2D eigenvalue weighted by atomic mass is 9.60. The van der Waals surface area contributed by atoms with Gasteiger partial charge in [0.2, 0.25) is 0 Å². The number of benzene rings is 1. The Morgan fingerprint density at radius 2 is 1.41 bits per heavy atom. The molecule has 0 nitrogen and oxygen atoms in total. The van der Waals surface area contributed by atoms with Gasteiger partial charge in [0.1, 0.15) is 11.6 Å². The van der Waals surface area contributed by atoms with Gasteiger partial charge in [-0.15, -0.1) is 0 Å². The molecule has 34 heavy (non-hydrogen) atoms. The third kappa shape index (κ3) is 6.52. The maximum absolute atomic E-state index is 14.7. The van der Waals surface area contributed by atoms with Crippen molar-refractivity contribution >= 4 is 0 Å². The molecule has 0 bridgehead atoms. The molecule has 3 saturated carbocycles. The molecule has 0 amide bonds. The highest BCUT2D eigenvalue weighted by atomic mass is 19.1. The van der Waals surface area contributed by atoms with Gasteiger partial charge in [0.25, 0.3) is 0 Å². The molecule has 3 fully saturated rings. The molecule has 1 aromatic carbocycles. The monoisotopic (exact) mass is 470 g/mol. The summed E-state index contributed by atoms with van der Waals surface area (Å²) in [5.74, 6) is 4.39. The maximum Gasteiger partial charge on any atom is 0.129 e. The molecular weight excluding hydrogens is 422 g/mol. The van der Waals surface area contributed by atoms with Crippen LogP contribution in [0.5, 0.6) is 0 Å². The third-order valence-electron chi connectivity index (χ3n) is 9.85. The number of fused-ring (bicyclic) bond motifs is 1. The second-order valence-corrected chi connectivity index (χ2v) is 12.0. The van der Waals surface area contributed by atoms with E-state index >= 15 is 0 Å². The molecule has 1 aromatic rings. The predicted molar refractivity (Wildman–Crippen MR) is 140 cm³/mol. The molecule has 0 heterocycles. The van der Waals surface area contributed by atoms with Crippen molar-refractivity contribution in [3.63, 3.8) is 0 Å². The SMILES string of the molecule is C/C=C/CCc1c(F)cc(C2CCC(C3CCC4CC(CCCCC)CCC4C3)CC2)cc1F. The van der Waals surface area contributed by atoms with Crippen molar-refractivity contribution in [2.24, 2.45) is 29.6 Å². The lowest BCUT2D eigenvalue weighted by Gasteiger charge is -2.45. The van der Waals surface area contributed by atoms with Gasteiger partial charge in [-0.2, -0.15) is 0 Å². The molecule has 0 aromatic heterocycles. The summed E-state index contributed by atoms with van der Waals surface area (Å²) in [4.78, 5) is 0. The van der Waals surface area contributed by atoms with Crippen LogP contribution in [0.1, 0.15) is 127 Å². The maximum atomic E-state index is 14.7. The Morgan fingerprint density at radius 3 is 2.09 bits per heavy atom. The van der Waals surface area contributed by atoms with E-state index in [1.54, 1.807) is 12.1 Å². The second kappa shape index (κ2) is 12.7. The number of hydrogen-bond donors (Lipinski definition) is 0. The molecular formula is C32H48F2. The summed E-state index contributed by atoms with van der Waals surface area (Å²) in [7, 11) is 0. The summed E-state index contributed by atoms with van der Waals surface area (Å²) in [5, 5.41) is 0. The smallest absolute Gasteiger partial charge is 0.129 e. The van der Waals surface area contributed by atoms with E-state index in [0.717, 1.165) is 48.0 Å². The fraction of sp³-hybridized carbons (Fsp3) is 0.750. The Hall–Kier alpha value is -1.18. The van der Waals surface area contributed by atoms with Crippen molar-refractivity contribution in [1.82, 2.24) is 0 Å². The van der Waals surface area contributed by atoms with Crippen LogP contribution in [0.4, 0.5) is 8.78 Å². The van der Waals surface area contributed by atoms with Gasteiger partial charge < -0.3 is 0 Å². The third-order valence-corrected chi connectivity index (χ3v) is 9.85. The largest absolute Gasteiger partial charge is 0.207 e. The zero-order valence-electron chi connectivity index (χ0n) is 21.8. The molecule has 0 aliphatic heterocycles. The summed E-state index contributed by atoms with van der Waals surface area (Å²) in [5.41, 5.74) is 1.15. The van der Waals surface area contributed by atoms with Gasteiger partial charge in [-0.1, -0.05) is 51.2 Å². The summed E-state index contributed by atoms with van der Waals surface area (Å²) in [6.45, 7) is 4.25. The minimum Gasteiger partial charge on any atom is -0.207 e. The van der Waals surface area contributed by atoms with Crippen LogP contribution < -0.4 is 0 Å². The van der Waals surface area contributed by atoms with Crippen molar-refractivity contribution in [3.05, 3.63) is 47.0 Å². The average molecular weight is 471 g/mol. The Labute approximate surface area is 208 Å². The van der Waals surface area contributed by atoms with E-state index in [4.69, 9.17) is 0 Å². The van der Waals surface area contributed by atoms with Gasteiger partial charge in [0.05, 0.1) is 0 Å². The summed E-state index contributed by atoms with van der Waals surface area (Å²) in [6, 6.07) is 3.28. The van der Waals surface area contributed by atoms with Crippen LogP contribution in [0.25, 0.3) is 0 Å². The minimum atomic E-state index is -0.342. The first-order valence-electron chi connectivity index (χ1n) is 14.7. The number of hydrogen-bond acceptors (Lipinski definition) is 0. The molecule has 0 spiro atoms. The van der Waals surface area contributed by atoms with Crippen LogP contribution in [0, 0.1) is 41.2 Å². The fourth-order valence-corrected chi connectivity index (χ4v) is 7.81. The second-order valence-electron chi connectivity index (χ2n) is 12.0. The van der Waals surface area contributed by atoms with Crippen molar-refractivity contribution in [3.8, 4) is 0 Å². The van der Waals surface area contributed by atoms with Gasteiger partial charge in [-0.05, 0) is 131 Å². The fourth-order valence-electron chi connectivity index (χ4n) is 7.81. The molecule has 2 heteroatoms. The molecule has 0 N–H and O–H groups in total. The Kier molecular flexibility index (Phi) is 9.66. The van der Waals surface area contributed by atoms with Crippen LogP contribution in [-0.4, -0.2) is 0 Å². The lowest BCUT2D eigenvalue weighted by Crippen LogP contribution is -2.34. The molecule has 0 radical (unpaired) electrons. The normalized spacial score (nSPS) is 32.1. The number of halogens is 2. The average Bonchev–Trinajstić information content (AvgIpc) is 2.85. The molecule has 3 aliphatic carbocycles. The quantitative estimate of drug-likeness (QED) is 0.249. The first-order chi connectivity index (χ1) is 16.6. The van der Waals surface area contributed by atoms with E-state index in [0.29, 0.717) is 18.8 Å². The summed E-state index contributed by atoms with van der Waals surface area (Å²) in [6.07, 6.45) is 24.2. The van der Waals surface area contributed by atoms with Crippen molar-refractivity contribution in [2.75, 3.05) is 0 Å². The lowest BCUT2D eigenvalue weighted by molar-refractivity contribution is 0.0613. The van der Waals surface area contributed by atoms with Crippen molar-refractivity contribution < 1.29 is 8.78 Å². The highest BCUT2D eigenvalue weighted by Gasteiger charge is 2.38. The van der Waals surface area contributed by atoms with E-state index in [1.807, 2.05) is 19.1 Å². The van der Waals surface area contributed by atoms with Crippen LogP contribution in [0.3, 0.4) is 0 Å². The highest BCUT2D eigenvalue weighted by Crippen LogP contribution is 2.50.